The Balaban J connectivity index is 1.96. The van der Waals surface area contributed by atoms with E-state index in [1.807, 2.05) is 13.0 Å². The average Bonchev–Trinajstić information content (AvgIpc) is 2.53. The van der Waals surface area contributed by atoms with Crippen LogP contribution in [-0.4, -0.2) is 42.9 Å². The summed E-state index contributed by atoms with van der Waals surface area (Å²) in [6, 6.07) is 6.21. The van der Waals surface area contributed by atoms with Gasteiger partial charge in [-0.1, -0.05) is 19.9 Å². The molecule has 0 bridgehead atoms. The van der Waals surface area contributed by atoms with E-state index in [4.69, 9.17) is 9.47 Å². The van der Waals surface area contributed by atoms with Crippen molar-refractivity contribution in [3.05, 3.63) is 23.8 Å². The fourth-order valence-corrected chi connectivity index (χ4v) is 3.04. The van der Waals surface area contributed by atoms with Crippen molar-refractivity contribution in [3.63, 3.8) is 0 Å². The first-order valence-electron chi connectivity index (χ1n) is 8.69. The molecule has 0 spiro atoms. The maximum absolute atomic E-state index is 9.70. The zero-order valence-corrected chi connectivity index (χ0v) is 14.9. The van der Waals surface area contributed by atoms with Crippen molar-refractivity contribution in [3.8, 4) is 11.5 Å². The lowest BCUT2D eigenvalue weighted by atomic mass is 9.92. The Morgan fingerprint density at radius 3 is 2.43 bits per heavy atom. The summed E-state index contributed by atoms with van der Waals surface area (Å²) in [6.45, 7) is 9.90. The van der Waals surface area contributed by atoms with Crippen LogP contribution in [0, 0.1) is 11.8 Å². The molecule has 0 saturated carbocycles. The summed E-state index contributed by atoms with van der Waals surface area (Å²) in [7, 11) is 1.68. The van der Waals surface area contributed by atoms with Gasteiger partial charge in [0.2, 0.25) is 0 Å². The molecule has 1 aromatic carbocycles. The Bertz CT molecular complexity index is 480. The van der Waals surface area contributed by atoms with Crippen LogP contribution in [0.1, 0.15) is 39.2 Å². The molecule has 1 N–H and O–H groups in total. The number of aliphatic hydroxyl groups is 1. The number of benzene rings is 1. The van der Waals surface area contributed by atoms with E-state index >= 15 is 0 Å². The van der Waals surface area contributed by atoms with Gasteiger partial charge in [0.15, 0.2) is 11.5 Å². The highest BCUT2D eigenvalue weighted by atomic mass is 16.5. The number of nitrogens with zero attached hydrogens (tertiary/aromatic N) is 1. The number of methoxy groups -OCH3 is 1. The third-order valence-electron chi connectivity index (χ3n) is 4.52. The second-order valence-electron chi connectivity index (χ2n) is 7.04. The molecule has 0 aromatic heterocycles. The Labute approximate surface area is 140 Å². The first-order valence-corrected chi connectivity index (χ1v) is 8.69. The highest BCUT2D eigenvalue weighted by molar-refractivity contribution is 5.43. The lowest BCUT2D eigenvalue weighted by Crippen LogP contribution is -2.36. The molecule has 4 heteroatoms. The van der Waals surface area contributed by atoms with Gasteiger partial charge in [-0.05, 0) is 62.4 Å². The molecule has 23 heavy (non-hydrogen) atoms. The number of rotatable bonds is 7. The van der Waals surface area contributed by atoms with Crippen molar-refractivity contribution in [2.75, 3.05) is 26.8 Å². The third kappa shape index (κ3) is 5.40. The molecule has 0 amide bonds. The molecular weight excluding hydrogens is 290 g/mol. The van der Waals surface area contributed by atoms with E-state index in [1.165, 1.54) is 5.56 Å². The van der Waals surface area contributed by atoms with Gasteiger partial charge in [0, 0.05) is 6.54 Å². The fraction of sp³-hybridized carbons (Fsp3) is 0.684. The highest BCUT2D eigenvalue weighted by Crippen LogP contribution is 2.30. The zero-order chi connectivity index (χ0) is 16.8. The molecule has 0 radical (unpaired) electrons. The van der Waals surface area contributed by atoms with E-state index in [0.29, 0.717) is 18.4 Å². The Morgan fingerprint density at radius 1 is 1.17 bits per heavy atom. The monoisotopic (exact) mass is 321 g/mol. The van der Waals surface area contributed by atoms with Crippen LogP contribution in [0.3, 0.4) is 0 Å². The van der Waals surface area contributed by atoms with Crippen LogP contribution < -0.4 is 9.47 Å². The summed E-state index contributed by atoms with van der Waals surface area (Å²) >= 11 is 0. The van der Waals surface area contributed by atoms with Gasteiger partial charge in [-0.3, -0.25) is 4.90 Å². The maximum atomic E-state index is 9.70. The SMILES string of the molecule is COc1ccc(CN2CCC(C(C)O)CC2)cc1OCC(C)C. The molecule has 1 heterocycles. The van der Waals surface area contributed by atoms with Gasteiger partial charge in [-0.15, -0.1) is 0 Å². The van der Waals surface area contributed by atoms with Crippen molar-refractivity contribution in [2.24, 2.45) is 11.8 Å². The highest BCUT2D eigenvalue weighted by Gasteiger charge is 2.22. The van der Waals surface area contributed by atoms with E-state index < -0.39 is 0 Å². The number of ether oxygens (including phenoxy) is 2. The summed E-state index contributed by atoms with van der Waals surface area (Å²) < 4.78 is 11.3. The Kier molecular flexibility index (Phi) is 6.72. The van der Waals surface area contributed by atoms with Gasteiger partial charge < -0.3 is 14.6 Å². The zero-order valence-electron chi connectivity index (χ0n) is 14.9. The second kappa shape index (κ2) is 8.55. The van der Waals surface area contributed by atoms with E-state index in [0.717, 1.165) is 44.0 Å². The average molecular weight is 321 g/mol. The Hall–Kier alpha value is -1.26. The van der Waals surface area contributed by atoms with Crippen molar-refractivity contribution in [1.82, 2.24) is 4.90 Å². The molecule has 1 unspecified atom stereocenters. The van der Waals surface area contributed by atoms with Crippen LogP contribution in [0.25, 0.3) is 0 Å². The van der Waals surface area contributed by atoms with Crippen molar-refractivity contribution >= 4 is 0 Å². The van der Waals surface area contributed by atoms with Gasteiger partial charge in [0.05, 0.1) is 19.8 Å². The largest absolute Gasteiger partial charge is 0.493 e. The molecular formula is C19H31NO3. The lowest BCUT2D eigenvalue weighted by molar-refractivity contribution is 0.0695. The number of piperidine rings is 1. The molecule has 130 valence electrons. The van der Waals surface area contributed by atoms with Crippen molar-refractivity contribution in [1.29, 1.82) is 0 Å². The van der Waals surface area contributed by atoms with E-state index in [9.17, 15) is 5.11 Å². The molecule has 0 aliphatic carbocycles. The number of likely N-dealkylation sites (tertiary alicyclic amines) is 1. The van der Waals surface area contributed by atoms with Gasteiger partial charge in [-0.2, -0.15) is 0 Å². The summed E-state index contributed by atoms with van der Waals surface area (Å²) in [5.74, 6) is 2.56. The summed E-state index contributed by atoms with van der Waals surface area (Å²) in [5, 5.41) is 9.70. The minimum atomic E-state index is -0.186. The predicted octanol–water partition coefficient (Wildman–Crippen LogP) is 3.32. The third-order valence-corrected chi connectivity index (χ3v) is 4.52. The second-order valence-corrected chi connectivity index (χ2v) is 7.04. The molecule has 1 saturated heterocycles. The standard InChI is InChI=1S/C19H31NO3/c1-14(2)13-23-19-11-16(5-6-18(19)22-4)12-20-9-7-17(8-10-20)15(3)21/h5-6,11,14-15,17,21H,7-10,12-13H2,1-4H3. The first-order chi connectivity index (χ1) is 11.0. The van der Waals surface area contributed by atoms with Crippen LogP contribution in [0.15, 0.2) is 18.2 Å². The number of hydrogen-bond donors (Lipinski definition) is 1. The van der Waals surface area contributed by atoms with Gasteiger partial charge in [0.1, 0.15) is 0 Å². The molecule has 1 fully saturated rings. The summed E-state index contributed by atoms with van der Waals surface area (Å²) in [6.07, 6.45) is 1.96. The molecule has 1 aliphatic heterocycles. The van der Waals surface area contributed by atoms with Crippen molar-refractivity contribution < 1.29 is 14.6 Å². The summed E-state index contributed by atoms with van der Waals surface area (Å²) in [4.78, 5) is 2.45. The van der Waals surface area contributed by atoms with Crippen molar-refractivity contribution in [2.45, 2.75) is 46.3 Å². The molecule has 1 aromatic rings. The predicted molar refractivity (Wildman–Crippen MR) is 93.0 cm³/mol. The molecule has 1 atom stereocenters. The van der Waals surface area contributed by atoms with E-state index in [-0.39, 0.29) is 6.10 Å². The van der Waals surface area contributed by atoms with E-state index in [2.05, 4.69) is 30.9 Å². The normalized spacial score (nSPS) is 18.2. The number of aliphatic hydroxyl groups excluding tert-OH is 1. The van der Waals surface area contributed by atoms with Crippen LogP contribution in [0.4, 0.5) is 0 Å². The van der Waals surface area contributed by atoms with Gasteiger partial charge in [0.25, 0.3) is 0 Å². The quantitative estimate of drug-likeness (QED) is 0.836. The minimum absolute atomic E-state index is 0.186. The maximum Gasteiger partial charge on any atom is 0.161 e. The van der Waals surface area contributed by atoms with Crippen LogP contribution in [0.2, 0.25) is 0 Å². The van der Waals surface area contributed by atoms with Gasteiger partial charge >= 0.3 is 0 Å². The lowest BCUT2D eigenvalue weighted by Gasteiger charge is -2.33. The van der Waals surface area contributed by atoms with Crippen LogP contribution >= 0.6 is 0 Å². The minimum Gasteiger partial charge on any atom is -0.493 e. The first kappa shape index (κ1) is 18.1. The van der Waals surface area contributed by atoms with E-state index in [1.54, 1.807) is 7.11 Å². The molecule has 4 nitrogen and oxygen atoms in total. The van der Waals surface area contributed by atoms with Crippen LogP contribution in [0.5, 0.6) is 11.5 Å². The van der Waals surface area contributed by atoms with Gasteiger partial charge in [-0.25, -0.2) is 0 Å². The summed E-state index contributed by atoms with van der Waals surface area (Å²) in [5.41, 5.74) is 1.25. The fourth-order valence-electron chi connectivity index (χ4n) is 3.04. The molecule has 2 rings (SSSR count). The number of hydrogen-bond acceptors (Lipinski definition) is 4. The van der Waals surface area contributed by atoms with Crippen LogP contribution in [-0.2, 0) is 6.54 Å². The topological polar surface area (TPSA) is 41.9 Å². The molecule has 1 aliphatic rings. The Morgan fingerprint density at radius 2 is 1.87 bits per heavy atom. The smallest absolute Gasteiger partial charge is 0.161 e.